The predicted molar refractivity (Wildman–Crippen MR) is 107 cm³/mol. The molecule has 0 amide bonds. The van der Waals surface area contributed by atoms with E-state index in [1.807, 2.05) is 42.6 Å². The van der Waals surface area contributed by atoms with Crippen molar-refractivity contribution in [1.82, 2.24) is 14.9 Å². The van der Waals surface area contributed by atoms with Gasteiger partial charge in [0.05, 0.1) is 5.69 Å². The molecule has 0 atom stereocenters. The first-order chi connectivity index (χ1) is 12.8. The first-order valence-electron chi connectivity index (χ1n) is 8.72. The topological polar surface area (TPSA) is 29.9 Å². The van der Waals surface area contributed by atoms with Crippen molar-refractivity contribution in [1.29, 1.82) is 0 Å². The summed E-state index contributed by atoms with van der Waals surface area (Å²) in [4.78, 5) is 4.36. The lowest BCUT2D eigenvalue weighted by molar-refractivity contribution is 0.679. The second-order valence-corrected chi connectivity index (χ2v) is 6.72. The number of para-hydroxylation sites is 1. The van der Waals surface area contributed by atoms with E-state index in [1.165, 1.54) is 16.5 Å². The fraction of sp³-hybridized carbons (Fsp3) is 0.136. The van der Waals surface area contributed by atoms with Crippen LogP contribution in [0.2, 0.25) is 5.02 Å². The zero-order valence-corrected chi connectivity index (χ0v) is 15.2. The van der Waals surface area contributed by atoms with Crippen LogP contribution in [0, 0.1) is 0 Å². The zero-order valence-electron chi connectivity index (χ0n) is 14.4. The fourth-order valence-corrected chi connectivity index (χ4v) is 3.43. The average molecular weight is 362 g/mol. The second-order valence-electron chi connectivity index (χ2n) is 6.32. The van der Waals surface area contributed by atoms with Crippen molar-refractivity contribution in [2.45, 2.75) is 19.6 Å². The summed E-state index contributed by atoms with van der Waals surface area (Å²) in [5.74, 6) is 0. The normalized spacial score (nSPS) is 11.1. The summed E-state index contributed by atoms with van der Waals surface area (Å²) in [6.45, 7) is 2.32. The van der Waals surface area contributed by atoms with E-state index in [1.54, 1.807) is 0 Å². The van der Waals surface area contributed by atoms with Crippen molar-refractivity contribution in [2.75, 3.05) is 0 Å². The van der Waals surface area contributed by atoms with E-state index in [2.05, 4.69) is 51.4 Å². The largest absolute Gasteiger partial charge is 0.343 e. The molecule has 0 aliphatic carbocycles. The smallest absolute Gasteiger partial charge is 0.0541 e. The van der Waals surface area contributed by atoms with E-state index in [0.717, 1.165) is 35.9 Å². The summed E-state index contributed by atoms with van der Waals surface area (Å²) in [6, 6.07) is 22.5. The molecule has 0 bridgehead atoms. The van der Waals surface area contributed by atoms with Gasteiger partial charge in [-0.15, -0.1) is 0 Å². The van der Waals surface area contributed by atoms with Gasteiger partial charge in [-0.25, -0.2) is 0 Å². The highest BCUT2D eigenvalue weighted by molar-refractivity contribution is 6.31. The van der Waals surface area contributed by atoms with Crippen LogP contribution in [0.4, 0.5) is 0 Å². The van der Waals surface area contributed by atoms with E-state index >= 15 is 0 Å². The van der Waals surface area contributed by atoms with Crippen molar-refractivity contribution in [3.8, 4) is 0 Å². The highest BCUT2D eigenvalue weighted by Gasteiger charge is 2.09. The lowest BCUT2D eigenvalue weighted by Crippen LogP contribution is -2.13. The molecule has 0 aliphatic rings. The number of hydrogen-bond donors (Lipinski definition) is 1. The molecule has 0 saturated heterocycles. The highest BCUT2D eigenvalue weighted by Crippen LogP contribution is 2.24. The number of fused-ring (bicyclic) bond motifs is 1. The Kier molecular flexibility index (Phi) is 5.00. The van der Waals surface area contributed by atoms with Crippen molar-refractivity contribution in [3.63, 3.8) is 0 Å². The molecule has 0 unspecified atom stereocenters. The monoisotopic (exact) mass is 361 g/mol. The Morgan fingerprint density at radius 3 is 2.50 bits per heavy atom. The van der Waals surface area contributed by atoms with Crippen molar-refractivity contribution >= 4 is 22.5 Å². The molecule has 0 fully saturated rings. The maximum absolute atomic E-state index is 6.35. The van der Waals surface area contributed by atoms with Gasteiger partial charge in [-0.3, -0.25) is 4.98 Å². The Bertz CT molecular complexity index is 1010. The third-order valence-electron chi connectivity index (χ3n) is 4.52. The van der Waals surface area contributed by atoms with Crippen LogP contribution in [-0.2, 0) is 19.6 Å². The lowest BCUT2D eigenvalue weighted by Gasteiger charge is -2.07. The second kappa shape index (κ2) is 7.73. The Morgan fingerprint density at radius 1 is 0.846 bits per heavy atom. The minimum absolute atomic E-state index is 0.755. The van der Waals surface area contributed by atoms with E-state index in [9.17, 15) is 0 Å². The lowest BCUT2D eigenvalue weighted by atomic mass is 10.2. The van der Waals surface area contributed by atoms with Gasteiger partial charge in [0.25, 0.3) is 0 Å². The Labute approximate surface area is 158 Å². The molecule has 2 aromatic heterocycles. The number of hydrogen-bond acceptors (Lipinski definition) is 2. The number of rotatable bonds is 6. The van der Waals surface area contributed by atoms with Crippen LogP contribution in [0.15, 0.2) is 79.1 Å². The van der Waals surface area contributed by atoms with Gasteiger partial charge in [-0.2, -0.15) is 0 Å². The molecule has 4 heteroatoms. The van der Waals surface area contributed by atoms with Gasteiger partial charge in [-0.05, 0) is 35.4 Å². The number of halogens is 1. The highest BCUT2D eigenvalue weighted by atomic mass is 35.5. The van der Waals surface area contributed by atoms with Crippen molar-refractivity contribution < 1.29 is 0 Å². The first-order valence-corrected chi connectivity index (χ1v) is 9.10. The molecular formula is C22H20ClN3. The SMILES string of the molecule is Clc1ccccc1Cn1cc(CNCc2ccccn2)c2ccccc21. The van der Waals surface area contributed by atoms with Gasteiger partial charge >= 0.3 is 0 Å². The molecule has 130 valence electrons. The van der Waals surface area contributed by atoms with Crippen molar-refractivity contribution in [2.24, 2.45) is 0 Å². The van der Waals surface area contributed by atoms with Crippen molar-refractivity contribution in [3.05, 3.63) is 101 Å². The number of benzene rings is 2. The molecule has 4 rings (SSSR count). The average Bonchev–Trinajstić information content (AvgIpc) is 3.02. The van der Waals surface area contributed by atoms with Crippen LogP contribution in [-0.4, -0.2) is 9.55 Å². The summed E-state index contributed by atoms with van der Waals surface area (Å²) in [7, 11) is 0. The molecule has 26 heavy (non-hydrogen) atoms. The molecular weight excluding hydrogens is 342 g/mol. The van der Waals surface area contributed by atoms with Gasteiger partial charge in [0.2, 0.25) is 0 Å². The fourth-order valence-electron chi connectivity index (χ4n) is 3.23. The molecule has 0 radical (unpaired) electrons. The number of pyridine rings is 1. The van der Waals surface area contributed by atoms with Crippen LogP contribution in [0.1, 0.15) is 16.8 Å². The Morgan fingerprint density at radius 2 is 1.65 bits per heavy atom. The first kappa shape index (κ1) is 16.8. The van der Waals surface area contributed by atoms with Gasteiger partial charge in [0, 0.05) is 48.0 Å². The molecule has 0 spiro atoms. The van der Waals surface area contributed by atoms with Crippen LogP contribution in [0.25, 0.3) is 10.9 Å². The van der Waals surface area contributed by atoms with E-state index in [4.69, 9.17) is 11.6 Å². The Balaban J connectivity index is 1.57. The van der Waals surface area contributed by atoms with E-state index in [-0.39, 0.29) is 0 Å². The zero-order chi connectivity index (χ0) is 17.8. The molecule has 2 heterocycles. The Hall–Kier alpha value is -2.62. The minimum atomic E-state index is 0.755. The van der Waals surface area contributed by atoms with Gasteiger partial charge in [0.1, 0.15) is 0 Å². The van der Waals surface area contributed by atoms with Crippen LogP contribution >= 0.6 is 11.6 Å². The van der Waals surface area contributed by atoms with Crippen LogP contribution < -0.4 is 5.32 Å². The van der Waals surface area contributed by atoms with E-state index in [0.29, 0.717) is 0 Å². The van der Waals surface area contributed by atoms with Crippen LogP contribution in [0.5, 0.6) is 0 Å². The number of aromatic nitrogens is 2. The number of nitrogens with zero attached hydrogens (tertiary/aromatic N) is 2. The predicted octanol–water partition coefficient (Wildman–Crippen LogP) is 5.03. The molecule has 2 aromatic carbocycles. The standard InChI is InChI=1S/C22H20ClN3/c23-21-10-3-1-7-17(21)15-26-16-18(20-9-2-4-11-22(20)26)13-24-14-19-8-5-6-12-25-19/h1-12,16,24H,13-15H2. The number of nitrogens with one attached hydrogen (secondary N) is 1. The van der Waals surface area contributed by atoms with Crippen LogP contribution in [0.3, 0.4) is 0 Å². The molecule has 4 aromatic rings. The summed E-state index contributed by atoms with van der Waals surface area (Å²) in [5.41, 5.74) is 4.68. The van der Waals surface area contributed by atoms with E-state index < -0.39 is 0 Å². The summed E-state index contributed by atoms with van der Waals surface area (Å²) in [6.07, 6.45) is 4.05. The quantitative estimate of drug-likeness (QED) is 0.522. The summed E-state index contributed by atoms with van der Waals surface area (Å²) < 4.78 is 2.27. The van der Waals surface area contributed by atoms with Gasteiger partial charge < -0.3 is 9.88 Å². The van der Waals surface area contributed by atoms with Gasteiger partial charge in [-0.1, -0.05) is 54.1 Å². The van der Waals surface area contributed by atoms with Gasteiger partial charge in [0.15, 0.2) is 0 Å². The minimum Gasteiger partial charge on any atom is -0.343 e. The molecule has 0 saturated carbocycles. The molecule has 1 N–H and O–H groups in total. The molecule has 3 nitrogen and oxygen atoms in total. The summed E-state index contributed by atoms with van der Waals surface area (Å²) in [5, 5.41) is 5.57. The maximum atomic E-state index is 6.35. The third-order valence-corrected chi connectivity index (χ3v) is 4.89. The molecule has 0 aliphatic heterocycles. The summed E-state index contributed by atoms with van der Waals surface area (Å²) >= 11 is 6.35. The maximum Gasteiger partial charge on any atom is 0.0541 e. The third kappa shape index (κ3) is 3.64.